The van der Waals surface area contributed by atoms with Gasteiger partial charge in [0.15, 0.2) is 0 Å². The van der Waals surface area contributed by atoms with Crippen LogP contribution in [0, 0.1) is 0 Å². The van der Waals surface area contributed by atoms with Gasteiger partial charge in [0.25, 0.3) is 0 Å². The standard InChI is InChI=1S/C5H6N2S.ClH/c1-4-5(2-6-1)8-3-7-4;/h3,6H,1-2H2;1H. The van der Waals surface area contributed by atoms with Gasteiger partial charge in [-0.2, -0.15) is 0 Å². The summed E-state index contributed by atoms with van der Waals surface area (Å²) in [4.78, 5) is 5.56. The molecular formula is C5H7ClN2S. The summed E-state index contributed by atoms with van der Waals surface area (Å²) in [6.07, 6.45) is 0. The molecule has 2 rings (SSSR count). The second-order valence-corrected chi connectivity index (χ2v) is 2.77. The van der Waals surface area contributed by atoms with Gasteiger partial charge < -0.3 is 5.32 Å². The summed E-state index contributed by atoms with van der Waals surface area (Å²) < 4.78 is 0. The van der Waals surface area contributed by atoms with Crippen LogP contribution in [0.25, 0.3) is 0 Å². The van der Waals surface area contributed by atoms with Crippen molar-refractivity contribution in [1.82, 2.24) is 10.3 Å². The molecule has 0 bridgehead atoms. The van der Waals surface area contributed by atoms with Gasteiger partial charge in [0.1, 0.15) is 0 Å². The van der Waals surface area contributed by atoms with Crippen molar-refractivity contribution in [3.8, 4) is 0 Å². The van der Waals surface area contributed by atoms with E-state index in [0.717, 1.165) is 13.1 Å². The van der Waals surface area contributed by atoms with E-state index in [4.69, 9.17) is 0 Å². The Morgan fingerprint density at radius 3 is 3.22 bits per heavy atom. The van der Waals surface area contributed by atoms with E-state index in [1.807, 2.05) is 5.51 Å². The van der Waals surface area contributed by atoms with Crippen LogP contribution in [0.1, 0.15) is 10.6 Å². The molecule has 1 N–H and O–H groups in total. The summed E-state index contributed by atoms with van der Waals surface area (Å²) in [6, 6.07) is 0. The molecule has 50 valence electrons. The molecule has 1 aromatic heterocycles. The summed E-state index contributed by atoms with van der Waals surface area (Å²) in [5, 5.41) is 3.22. The van der Waals surface area contributed by atoms with Gasteiger partial charge in [-0.25, -0.2) is 4.98 Å². The van der Waals surface area contributed by atoms with Crippen molar-refractivity contribution in [2.75, 3.05) is 0 Å². The van der Waals surface area contributed by atoms with Crippen LogP contribution in [0.15, 0.2) is 5.51 Å². The molecule has 0 aliphatic carbocycles. The van der Waals surface area contributed by atoms with Crippen molar-refractivity contribution in [1.29, 1.82) is 0 Å². The Labute approximate surface area is 63.7 Å². The Morgan fingerprint density at radius 1 is 1.56 bits per heavy atom. The van der Waals surface area contributed by atoms with Gasteiger partial charge in [0.05, 0.1) is 11.2 Å². The molecule has 0 spiro atoms. The number of nitrogens with zero attached hydrogens (tertiary/aromatic N) is 1. The molecule has 0 unspecified atom stereocenters. The second kappa shape index (κ2) is 2.64. The number of thiazole rings is 1. The maximum absolute atomic E-state index is 4.15. The van der Waals surface area contributed by atoms with E-state index >= 15 is 0 Å². The van der Waals surface area contributed by atoms with Gasteiger partial charge in [0.2, 0.25) is 0 Å². The fourth-order valence-electron chi connectivity index (χ4n) is 0.876. The number of aromatic nitrogens is 1. The molecule has 0 amide bonds. The lowest BCUT2D eigenvalue weighted by Gasteiger charge is -1.81. The van der Waals surface area contributed by atoms with Gasteiger partial charge in [-0.1, -0.05) is 0 Å². The van der Waals surface area contributed by atoms with Gasteiger partial charge in [0, 0.05) is 18.0 Å². The SMILES string of the molecule is Cl.c1nc2c(s1)CNC2. The molecule has 0 atom stereocenters. The number of rotatable bonds is 0. The van der Waals surface area contributed by atoms with Crippen LogP contribution in [0.5, 0.6) is 0 Å². The highest BCUT2D eigenvalue weighted by Crippen LogP contribution is 2.16. The molecule has 4 heteroatoms. The first kappa shape index (κ1) is 6.99. The predicted octanol–water partition coefficient (Wildman–Crippen LogP) is 1.17. The van der Waals surface area contributed by atoms with E-state index in [-0.39, 0.29) is 12.4 Å². The number of hydrogen-bond donors (Lipinski definition) is 1. The molecule has 0 saturated carbocycles. The largest absolute Gasteiger partial charge is 0.306 e. The highest BCUT2D eigenvalue weighted by molar-refractivity contribution is 7.09. The Kier molecular flexibility index (Phi) is 2.05. The average molecular weight is 163 g/mol. The zero-order valence-corrected chi connectivity index (χ0v) is 6.39. The Bertz CT molecular complexity index is 180. The third-order valence-corrected chi connectivity index (χ3v) is 2.18. The van der Waals surface area contributed by atoms with E-state index in [2.05, 4.69) is 10.3 Å². The number of hydrogen-bond acceptors (Lipinski definition) is 3. The molecule has 0 radical (unpaired) electrons. The first-order valence-corrected chi connectivity index (χ1v) is 3.47. The van der Waals surface area contributed by atoms with Gasteiger partial charge in [-0.05, 0) is 0 Å². The first-order chi connectivity index (χ1) is 3.97. The van der Waals surface area contributed by atoms with Gasteiger partial charge >= 0.3 is 0 Å². The molecule has 0 aromatic carbocycles. The third kappa shape index (κ3) is 1.08. The predicted molar refractivity (Wildman–Crippen MR) is 39.9 cm³/mol. The smallest absolute Gasteiger partial charge is 0.0798 e. The zero-order chi connectivity index (χ0) is 5.40. The number of fused-ring (bicyclic) bond motifs is 1. The summed E-state index contributed by atoms with van der Waals surface area (Å²) in [6.45, 7) is 2.00. The van der Waals surface area contributed by atoms with Crippen LogP contribution < -0.4 is 5.32 Å². The maximum atomic E-state index is 4.15. The van der Waals surface area contributed by atoms with E-state index < -0.39 is 0 Å². The lowest BCUT2D eigenvalue weighted by Crippen LogP contribution is -2.00. The quantitative estimate of drug-likeness (QED) is 0.620. The molecule has 2 nitrogen and oxygen atoms in total. The van der Waals surface area contributed by atoms with Crippen molar-refractivity contribution in [3.63, 3.8) is 0 Å². The summed E-state index contributed by atoms with van der Waals surface area (Å²) in [5.41, 5.74) is 3.15. The molecule has 2 heterocycles. The van der Waals surface area contributed by atoms with Crippen LogP contribution in [-0.4, -0.2) is 4.98 Å². The van der Waals surface area contributed by atoms with Crippen LogP contribution in [0.4, 0.5) is 0 Å². The van der Waals surface area contributed by atoms with Crippen LogP contribution in [0.2, 0.25) is 0 Å². The van der Waals surface area contributed by atoms with E-state index in [1.54, 1.807) is 11.3 Å². The molecule has 1 aliphatic heterocycles. The Morgan fingerprint density at radius 2 is 2.44 bits per heavy atom. The zero-order valence-electron chi connectivity index (χ0n) is 4.76. The monoisotopic (exact) mass is 162 g/mol. The fraction of sp³-hybridized carbons (Fsp3) is 0.400. The van der Waals surface area contributed by atoms with Crippen molar-refractivity contribution < 1.29 is 0 Å². The molecule has 9 heavy (non-hydrogen) atoms. The van der Waals surface area contributed by atoms with Crippen molar-refractivity contribution >= 4 is 23.7 Å². The lowest BCUT2D eigenvalue weighted by molar-refractivity contribution is 0.758. The van der Waals surface area contributed by atoms with E-state index in [9.17, 15) is 0 Å². The topological polar surface area (TPSA) is 24.9 Å². The minimum Gasteiger partial charge on any atom is -0.306 e. The maximum Gasteiger partial charge on any atom is 0.0798 e. The Balaban J connectivity index is 0.000000405. The summed E-state index contributed by atoms with van der Waals surface area (Å²) >= 11 is 1.74. The molecule has 0 fully saturated rings. The summed E-state index contributed by atoms with van der Waals surface area (Å²) in [7, 11) is 0. The number of nitrogens with one attached hydrogen (secondary N) is 1. The third-order valence-electron chi connectivity index (χ3n) is 1.30. The van der Waals surface area contributed by atoms with Crippen LogP contribution in [-0.2, 0) is 13.1 Å². The Hall–Kier alpha value is -0.120. The highest BCUT2D eigenvalue weighted by atomic mass is 35.5. The normalized spacial score (nSPS) is 14.7. The molecule has 1 aromatic rings. The lowest BCUT2D eigenvalue weighted by atomic mass is 10.4. The van der Waals surface area contributed by atoms with Gasteiger partial charge in [-0.15, -0.1) is 23.7 Å². The van der Waals surface area contributed by atoms with Crippen molar-refractivity contribution in [3.05, 3.63) is 16.1 Å². The van der Waals surface area contributed by atoms with Crippen LogP contribution in [0.3, 0.4) is 0 Å². The molecule has 0 saturated heterocycles. The highest BCUT2D eigenvalue weighted by Gasteiger charge is 2.10. The van der Waals surface area contributed by atoms with Crippen molar-refractivity contribution in [2.24, 2.45) is 0 Å². The second-order valence-electron chi connectivity index (χ2n) is 1.83. The average Bonchev–Trinajstić information content (AvgIpc) is 2.15. The number of halogens is 1. The molecule has 1 aliphatic rings. The van der Waals surface area contributed by atoms with Crippen LogP contribution >= 0.6 is 23.7 Å². The summed E-state index contributed by atoms with van der Waals surface area (Å²) in [5.74, 6) is 0. The fourth-order valence-corrected chi connectivity index (χ4v) is 1.63. The van der Waals surface area contributed by atoms with E-state index in [0.29, 0.717) is 0 Å². The van der Waals surface area contributed by atoms with Crippen molar-refractivity contribution in [2.45, 2.75) is 13.1 Å². The minimum absolute atomic E-state index is 0. The molecular weight excluding hydrogens is 156 g/mol. The minimum atomic E-state index is 0. The first-order valence-electron chi connectivity index (χ1n) is 2.59. The van der Waals surface area contributed by atoms with Gasteiger partial charge in [-0.3, -0.25) is 0 Å². The van der Waals surface area contributed by atoms with E-state index in [1.165, 1.54) is 10.6 Å².